The fourth-order valence-electron chi connectivity index (χ4n) is 2.68. The van der Waals surface area contributed by atoms with E-state index in [1.165, 1.54) is 63.9 Å². The third-order valence-electron chi connectivity index (χ3n) is 4.10. The molecule has 1 heterocycles. The van der Waals surface area contributed by atoms with Crippen molar-refractivity contribution >= 4 is 5.97 Å². The topological polar surface area (TPSA) is 49.8 Å². The molecule has 1 N–H and O–H groups in total. The third kappa shape index (κ3) is 11.8. The van der Waals surface area contributed by atoms with Gasteiger partial charge in [-0.2, -0.15) is 0 Å². The van der Waals surface area contributed by atoms with E-state index in [0.717, 1.165) is 12.5 Å². The van der Waals surface area contributed by atoms with Gasteiger partial charge in [0.25, 0.3) is 0 Å². The molecule has 0 aromatic rings. The van der Waals surface area contributed by atoms with Crippen LogP contribution in [0.2, 0.25) is 0 Å². The first-order valence-corrected chi connectivity index (χ1v) is 9.12. The number of hydrogen-bond donors (Lipinski definition) is 1. The zero-order valence-corrected chi connectivity index (χ0v) is 14.5. The maximum absolute atomic E-state index is 10.2. The molecule has 23 heavy (non-hydrogen) atoms. The Labute approximate surface area is 141 Å². The summed E-state index contributed by atoms with van der Waals surface area (Å²) in [7, 11) is 0. The minimum absolute atomic E-state index is 0.566. The van der Waals surface area contributed by atoms with Crippen molar-refractivity contribution in [3.05, 3.63) is 36.5 Å². The molecular formula is C20H32O3. The van der Waals surface area contributed by atoms with Crippen LogP contribution in [0, 0.1) is 0 Å². The van der Waals surface area contributed by atoms with Crippen LogP contribution in [-0.2, 0) is 9.53 Å². The maximum atomic E-state index is 10.2. The number of allylic oxidation sites excluding steroid dienone is 5. The normalized spacial score (nSPS) is 20.9. The van der Waals surface area contributed by atoms with Crippen LogP contribution in [0.5, 0.6) is 0 Å². The number of carboxylic acids is 1. The summed E-state index contributed by atoms with van der Waals surface area (Å²) in [5.41, 5.74) is 0. The first kappa shape index (κ1) is 19.7. The molecule has 0 radical (unpaired) electrons. The average molecular weight is 320 g/mol. The highest BCUT2D eigenvalue weighted by Crippen LogP contribution is 2.31. The van der Waals surface area contributed by atoms with Gasteiger partial charge in [0.05, 0.1) is 12.2 Å². The summed E-state index contributed by atoms with van der Waals surface area (Å²) in [5.74, 6) is -0.914. The highest BCUT2D eigenvalue weighted by atomic mass is 16.6. The summed E-state index contributed by atoms with van der Waals surface area (Å²) < 4.78 is 5.71. The van der Waals surface area contributed by atoms with E-state index in [0.29, 0.717) is 12.2 Å². The molecule has 3 nitrogen and oxygen atoms in total. The minimum atomic E-state index is -0.914. The van der Waals surface area contributed by atoms with Crippen molar-refractivity contribution in [3.8, 4) is 0 Å². The molecule has 0 aliphatic carbocycles. The molecule has 1 saturated heterocycles. The highest BCUT2D eigenvalue weighted by Gasteiger charge is 2.36. The second-order valence-electron chi connectivity index (χ2n) is 6.21. The summed E-state index contributed by atoms with van der Waals surface area (Å²) >= 11 is 0. The first-order valence-electron chi connectivity index (χ1n) is 9.12. The Hall–Kier alpha value is -1.35. The lowest BCUT2D eigenvalue weighted by atomic mass is 10.1. The minimum Gasteiger partial charge on any atom is -0.478 e. The van der Waals surface area contributed by atoms with Crippen molar-refractivity contribution in [2.45, 2.75) is 83.3 Å². The maximum Gasteiger partial charge on any atom is 0.328 e. The van der Waals surface area contributed by atoms with Crippen LogP contribution < -0.4 is 0 Å². The van der Waals surface area contributed by atoms with E-state index in [1.807, 2.05) is 12.2 Å². The SMILES string of the molecule is CCCCC[C@H]1O[C@H]1CCCCCCC=CC=CC=CC(=O)O. The van der Waals surface area contributed by atoms with Gasteiger partial charge in [0.2, 0.25) is 0 Å². The number of carbonyl (C=O) groups is 1. The predicted molar refractivity (Wildman–Crippen MR) is 95.6 cm³/mol. The molecule has 0 bridgehead atoms. The van der Waals surface area contributed by atoms with Crippen LogP contribution in [0.15, 0.2) is 36.5 Å². The second-order valence-corrected chi connectivity index (χ2v) is 6.21. The Balaban J connectivity index is 1.84. The number of aliphatic carboxylic acids is 1. The van der Waals surface area contributed by atoms with E-state index >= 15 is 0 Å². The molecule has 2 atom stereocenters. The lowest BCUT2D eigenvalue weighted by Gasteiger charge is -1.98. The van der Waals surface area contributed by atoms with Crippen molar-refractivity contribution < 1.29 is 14.6 Å². The molecular weight excluding hydrogens is 288 g/mol. The highest BCUT2D eigenvalue weighted by molar-refractivity contribution is 5.80. The summed E-state index contributed by atoms with van der Waals surface area (Å²) in [5, 5.41) is 8.41. The fraction of sp³-hybridized carbons (Fsp3) is 0.650. The Morgan fingerprint density at radius 1 is 0.913 bits per heavy atom. The number of carboxylic acid groups (broad SMARTS) is 1. The van der Waals surface area contributed by atoms with Crippen molar-refractivity contribution in [2.75, 3.05) is 0 Å². The Kier molecular flexibility index (Phi) is 11.2. The van der Waals surface area contributed by atoms with Gasteiger partial charge in [-0.1, -0.05) is 75.8 Å². The number of rotatable bonds is 14. The number of hydrogen-bond acceptors (Lipinski definition) is 2. The summed E-state index contributed by atoms with van der Waals surface area (Å²) in [6.45, 7) is 2.24. The molecule has 0 saturated carbocycles. The number of unbranched alkanes of at least 4 members (excludes halogenated alkanes) is 6. The molecule has 1 rings (SSSR count). The van der Waals surface area contributed by atoms with Gasteiger partial charge in [-0.3, -0.25) is 0 Å². The van der Waals surface area contributed by atoms with Crippen LogP contribution >= 0.6 is 0 Å². The summed E-state index contributed by atoms with van der Waals surface area (Å²) in [4.78, 5) is 10.2. The quantitative estimate of drug-likeness (QED) is 0.201. The van der Waals surface area contributed by atoms with Gasteiger partial charge >= 0.3 is 5.97 Å². The number of ether oxygens (including phenoxy) is 1. The Bertz CT molecular complexity index is 396. The summed E-state index contributed by atoms with van der Waals surface area (Å²) in [6.07, 6.45) is 24.1. The fourth-order valence-corrected chi connectivity index (χ4v) is 2.68. The van der Waals surface area contributed by atoms with Crippen LogP contribution in [0.4, 0.5) is 0 Å². The molecule has 0 unspecified atom stereocenters. The van der Waals surface area contributed by atoms with Crippen LogP contribution in [-0.4, -0.2) is 23.3 Å². The van der Waals surface area contributed by atoms with E-state index in [9.17, 15) is 4.79 Å². The van der Waals surface area contributed by atoms with Gasteiger partial charge in [-0.15, -0.1) is 0 Å². The molecule has 1 fully saturated rings. The lowest BCUT2D eigenvalue weighted by Crippen LogP contribution is -1.94. The molecule has 130 valence electrons. The largest absolute Gasteiger partial charge is 0.478 e. The monoisotopic (exact) mass is 320 g/mol. The smallest absolute Gasteiger partial charge is 0.328 e. The predicted octanol–water partition coefficient (Wildman–Crippen LogP) is 5.43. The molecule has 0 aromatic heterocycles. The second kappa shape index (κ2) is 13.1. The summed E-state index contributed by atoms with van der Waals surface area (Å²) in [6, 6.07) is 0. The Morgan fingerprint density at radius 3 is 2.26 bits per heavy atom. The molecule has 1 aliphatic rings. The average Bonchev–Trinajstić information content (AvgIpc) is 3.27. The van der Waals surface area contributed by atoms with Crippen molar-refractivity contribution in [2.24, 2.45) is 0 Å². The van der Waals surface area contributed by atoms with E-state index < -0.39 is 5.97 Å². The van der Waals surface area contributed by atoms with Crippen molar-refractivity contribution in [1.82, 2.24) is 0 Å². The number of epoxide rings is 1. The first-order chi connectivity index (χ1) is 11.2. The zero-order valence-electron chi connectivity index (χ0n) is 14.5. The third-order valence-corrected chi connectivity index (χ3v) is 4.10. The molecule has 0 spiro atoms. The van der Waals surface area contributed by atoms with Crippen LogP contribution in [0.1, 0.15) is 71.1 Å². The van der Waals surface area contributed by atoms with E-state index in [4.69, 9.17) is 9.84 Å². The van der Waals surface area contributed by atoms with Gasteiger partial charge in [-0.05, 0) is 25.7 Å². The van der Waals surface area contributed by atoms with Crippen molar-refractivity contribution in [1.29, 1.82) is 0 Å². The van der Waals surface area contributed by atoms with Crippen LogP contribution in [0.3, 0.4) is 0 Å². The molecule has 0 amide bonds. The van der Waals surface area contributed by atoms with Gasteiger partial charge < -0.3 is 9.84 Å². The van der Waals surface area contributed by atoms with Gasteiger partial charge in [0, 0.05) is 6.08 Å². The van der Waals surface area contributed by atoms with Crippen LogP contribution in [0.25, 0.3) is 0 Å². The lowest BCUT2D eigenvalue weighted by molar-refractivity contribution is -0.131. The van der Waals surface area contributed by atoms with E-state index in [2.05, 4.69) is 13.0 Å². The van der Waals surface area contributed by atoms with E-state index in [-0.39, 0.29) is 0 Å². The molecule has 3 heteroatoms. The zero-order chi connectivity index (χ0) is 16.8. The molecule has 1 aliphatic heterocycles. The van der Waals surface area contributed by atoms with Gasteiger partial charge in [0.15, 0.2) is 0 Å². The van der Waals surface area contributed by atoms with E-state index in [1.54, 1.807) is 6.08 Å². The Morgan fingerprint density at radius 2 is 1.57 bits per heavy atom. The van der Waals surface area contributed by atoms with Gasteiger partial charge in [-0.25, -0.2) is 4.79 Å². The van der Waals surface area contributed by atoms with Gasteiger partial charge in [0.1, 0.15) is 0 Å². The molecule has 0 aromatic carbocycles. The van der Waals surface area contributed by atoms with Crippen molar-refractivity contribution in [3.63, 3.8) is 0 Å². The standard InChI is InChI=1S/C20H32O3/c1-2-3-12-15-18-19(23-18)16-13-10-8-6-4-5-7-9-11-14-17-20(21)22/h5,7,9,11,14,17-19H,2-4,6,8,10,12-13,15-16H2,1H3,(H,21,22)/t18-,19+/m1/s1.